The van der Waals surface area contributed by atoms with E-state index in [1.54, 1.807) is 0 Å². The molecule has 1 aromatic carbocycles. The lowest BCUT2D eigenvalue weighted by molar-refractivity contribution is -0.121. The van der Waals surface area contributed by atoms with Gasteiger partial charge in [-0.1, -0.05) is 41.9 Å². The van der Waals surface area contributed by atoms with Crippen LogP contribution in [0.5, 0.6) is 0 Å². The SMILES string of the molecule is CC(C)(CNC(=O)CCCN)c1cccc(Br)c1.Cl. The zero-order valence-electron chi connectivity index (χ0n) is 11.4. The molecule has 0 spiro atoms. The van der Waals surface area contributed by atoms with Gasteiger partial charge in [-0.3, -0.25) is 4.79 Å². The Morgan fingerprint density at radius 1 is 1.42 bits per heavy atom. The Balaban J connectivity index is 0.00000324. The molecule has 1 aromatic rings. The zero-order chi connectivity index (χ0) is 13.6. The fourth-order valence-electron chi connectivity index (χ4n) is 1.68. The quantitative estimate of drug-likeness (QED) is 0.829. The lowest BCUT2D eigenvalue weighted by Crippen LogP contribution is -2.36. The Kier molecular flexibility index (Phi) is 8.30. The van der Waals surface area contributed by atoms with Gasteiger partial charge in [-0.15, -0.1) is 12.4 Å². The molecule has 0 aliphatic rings. The van der Waals surface area contributed by atoms with Crippen LogP contribution in [0.4, 0.5) is 0 Å². The number of hydrogen-bond donors (Lipinski definition) is 2. The molecule has 19 heavy (non-hydrogen) atoms. The molecule has 0 saturated carbocycles. The van der Waals surface area contributed by atoms with Gasteiger partial charge in [0, 0.05) is 22.9 Å². The first-order valence-corrected chi connectivity index (χ1v) is 6.98. The Hall–Kier alpha value is -0.580. The summed E-state index contributed by atoms with van der Waals surface area (Å²) in [6.07, 6.45) is 1.24. The summed E-state index contributed by atoms with van der Waals surface area (Å²) in [4.78, 5) is 11.6. The molecule has 0 heterocycles. The Bertz CT molecular complexity index is 410. The Morgan fingerprint density at radius 2 is 2.11 bits per heavy atom. The summed E-state index contributed by atoms with van der Waals surface area (Å²) in [5, 5.41) is 2.97. The number of halogens is 2. The van der Waals surface area contributed by atoms with Crippen LogP contribution in [0.25, 0.3) is 0 Å². The topological polar surface area (TPSA) is 55.1 Å². The predicted molar refractivity (Wildman–Crippen MR) is 85.7 cm³/mol. The lowest BCUT2D eigenvalue weighted by atomic mass is 9.84. The zero-order valence-corrected chi connectivity index (χ0v) is 13.8. The fraction of sp³-hybridized carbons (Fsp3) is 0.500. The molecule has 0 atom stereocenters. The van der Waals surface area contributed by atoms with E-state index in [0.717, 1.165) is 10.9 Å². The standard InChI is InChI=1S/C14H21BrN2O.ClH/c1-14(2,10-17-13(18)7-4-8-16)11-5-3-6-12(15)9-11;/h3,5-6,9H,4,7-8,10,16H2,1-2H3,(H,17,18);1H. The Labute approximate surface area is 129 Å². The maximum absolute atomic E-state index is 11.6. The molecule has 3 N–H and O–H groups in total. The second-order valence-corrected chi connectivity index (χ2v) is 5.98. The van der Waals surface area contributed by atoms with Crippen molar-refractivity contribution in [1.82, 2.24) is 5.32 Å². The van der Waals surface area contributed by atoms with Crippen LogP contribution in [-0.2, 0) is 10.2 Å². The first kappa shape index (κ1) is 18.4. The van der Waals surface area contributed by atoms with Crippen molar-refractivity contribution >= 4 is 34.2 Å². The van der Waals surface area contributed by atoms with Crippen LogP contribution in [-0.4, -0.2) is 19.0 Å². The van der Waals surface area contributed by atoms with E-state index in [-0.39, 0.29) is 23.7 Å². The van der Waals surface area contributed by atoms with Crippen LogP contribution < -0.4 is 11.1 Å². The number of rotatable bonds is 6. The van der Waals surface area contributed by atoms with E-state index in [2.05, 4.69) is 47.2 Å². The van der Waals surface area contributed by atoms with Crippen molar-refractivity contribution in [2.75, 3.05) is 13.1 Å². The van der Waals surface area contributed by atoms with Crippen LogP contribution in [0.2, 0.25) is 0 Å². The summed E-state index contributed by atoms with van der Waals surface area (Å²) in [7, 11) is 0. The third kappa shape index (κ3) is 6.41. The maximum Gasteiger partial charge on any atom is 0.220 e. The smallest absolute Gasteiger partial charge is 0.220 e. The molecule has 1 amide bonds. The number of carbonyl (C=O) groups is 1. The molecule has 0 bridgehead atoms. The van der Waals surface area contributed by atoms with Gasteiger partial charge in [0.05, 0.1) is 0 Å². The molecule has 0 aliphatic heterocycles. The van der Waals surface area contributed by atoms with Crippen molar-refractivity contribution in [3.05, 3.63) is 34.3 Å². The fourth-order valence-corrected chi connectivity index (χ4v) is 2.08. The number of carbonyl (C=O) groups excluding carboxylic acids is 1. The molecule has 3 nitrogen and oxygen atoms in total. The molecule has 0 radical (unpaired) electrons. The van der Waals surface area contributed by atoms with Gasteiger partial charge in [0.1, 0.15) is 0 Å². The van der Waals surface area contributed by atoms with Crippen molar-refractivity contribution in [3.63, 3.8) is 0 Å². The van der Waals surface area contributed by atoms with E-state index in [0.29, 0.717) is 19.5 Å². The summed E-state index contributed by atoms with van der Waals surface area (Å²) in [6, 6.07) is 8.18. The van der Waals surface area contributed by atoms with Gasteiger partial charge >= 0.3 is 0 Å². The van der Waals surface area contributed by atoms with Crippen LogP contribution in [0.15, 0.2) is 28.7 Å². The average molecular weight is 350 g/mol. The van der Waals surface area contributed by atoms with E-state index < -0.39 is 0 Å². The summed E-state index contributed by atoms with van der Waals surface area (Å²) in [5.74, 6) is 0.0727. The van der Waals surface area contributed by atoms with E-state index in [1.165, 1.54) is 5.56 Å². The maximum atomic E-state index is 11.6. The summed E-state index contributed by atoms with van der Waals surface area (Å²) < 4.78 is 1.06. The van der Waals surface area contributed by atoms with Gasteiger partial charge in [-0.25, -0.2) is 0 Å². The minimum absolute atomic E-state index is 0. The molecule has 0 saturated heterocycles. The molecule has 5 heteroatoms. The van der Waals surface area contributed by atoms with Gasteiger partial charge < -0.3 is 11.1 Å². The second kappa shape index (κ2) is 8.56. The van der Waals surface area contributed by atoms with E-state index in [4.69, 9.17) is 5.73 Å². The number of hydrogen-bond acceptors (Lipinski definition) is 2. The van der Waals surface area contributed by atoms with Gasteiger partial charge in [0.25, 0.3) is 0 Å². The minimum Gasteiger partial charge on any atom is -0.355 e. The predicted octanol–water partition coefficient (Wildman–Crippen LogP) is 3.00. The van der Waals surface area contributed by atoms with Crippen molar-refractivity contribution in [2.24, 2.45) is 5.73 Å². The molecule has 1 rings (SSSR count). The highest BCUT2D eigenvalue weighted by Gasteiger charge is 2.21. The number of amides is 1. The van der Waals surface area contributed by atoms with Gasteiger partial charge in [-0.05, 0) is 30.7 Å². The molecular formula is C14H22BrClN2O. The van der Waals surface area contributed by atoms with Crippen molar-refractivity contribution < 1.29 is 4.79 Å². The van der Waals surface area contributed by atoms with E-state index in [1.807, 2.05) is 12.1 Å². The summed E-state index contributed by atoms with van der Waals surface area (Å²) in [5.41, 5.74) is 6.50. The average Bonchev–Trinajstić information content (AvgIpc) is 2.34. The lowest BCUT2D eigenvalue weighted by Gasteiger charge is -2.26. The third-order valence-corrected chi connectivity index (χ3v) is 3.43. The summed E-state index contributed by atoms with van der Waals surface area (Å²) in [6.45, 7) is 5.44. The van der Waals surface area contributed by atoms with Gasteiger partial charge in [0.2, 0.25) is 5.91 Å². The number of nitrogens with two attached hydrogens (primary N) is 1. The monoisotopic (exact) mass is 348 g/mol. The van der Waals surface area contributed by atoms with Crippen molar-refractivity contribution in [3.8, 4) is 0 Å². The number of nitrogens with one attached hydrogen (secondary N) is 1. The Morgan fingerprint density at radius 3 is 2.68 bits per heavy atom. The minimum atomic E-state index is -0.0812. The number of benzene rings is 1. The van der Waals surface area contributed by atoms with Crippen LogP contribution in [0, 0.1) is 0 Å². The highest BCUT2D eigenvalue weighted by atomic mass is 79.9. The molecule has 0 fully saturated rings. The van der Waals surface area contributed by atoms with Gasteiger partial charge in [-0.2, -0.15) is 0 Å². The molecular weight excluding hydrogens is 328 g/mol. The van der Waals surface area contributed by atoms with Gasteiger partial charge in [0.15, 0.2) is 0 Å². The van der Waals surface area contributed by atoms with Crippen molar-refractivity contribution in [1.29, 1.82) is 0 Å². The first-order chi connectivity index (χ1) is 8.45. The summed E-state index contributed by atoms with van der Waals surface area (Å²) >= 11 is 3.47. The molecule has 0 aliphatic carbocycles. The first-order valence-electron chi connectivity index (χ1n) is 6.18. The van der Waals surface area contributed by atoms with Crippen molar-refractivity contribution in [2.45, 2.75) is 32.1 Å². The van der Waals surface area contributed by atoms with E-state index >= 15 is 0 Å². The molecule has 108 valence electrons. The normalized spacial score (nSPS) is 10.7. The van der Waals surface area contributed by atoms with E-state index in [9.17, 15) is 4.79 Å². The molecule has 0 aromatic heterocycles. The molecule has 0 unspecified atom stereocenters. The highest BCUT2D eigenvalue weighted by molar-refractivity contribution is 9.10. The van der Waals surface area contributed by atoms with Crippen LogP contribution in [0.1, 0.15) is 32.3 Å². The second-order valence-electron chi connectivity index (χ2n) is 5.06. The van der Waals surface area contributed by atoms with Crippen LogP contribution in [0.3, 0.4) is 0 Å². The van der Waals surface area contributed by atoms with Crippen LogP contribution >= 0.6 is 28.3 Å². The third-order valence-electron chi connectivity index (χ3n) is 2.94. The highest BCUT2D eigenvalue weighted by Crippen LogP contribution is 2.25. The largest absolute Gasteiger partial charge is 0.355 e.